The number of carbonyl (C=O) groups excluding carboxylic acids is 2. The Morgan fingerprint density at radius 1 is 0.210 bits per heavy atom. The first-order valence-corrected chi connectivity index (χ1v) is 31.2. The Balaban J connectivity index is 0.000000143. The predicted molar refractivity (Wildman–Crippen MR) is 381 cm³/mol. The molecule has 20 heteroatoms. The molecular formula is C80H52N16O2Ru2+4. The molecule has 14 heterocycles. The van der Waals surface area contributed by atoms with Crippen molar-refractivity contribution in [2.24, 2.45) is 0 Å². The number of benzene rings is 4. The predicted octanol–water partition coefficient (Wildman–Crippen LogP) is 16.3. The summed E-state index contributed by atoms with van der Waals surface area (Å²) in [5.74, 6) is 0.407. The molecule has 19 rings (SSSR count). The van der Waals surface area contributed by atoms with Gasteiger partial charge < -0.3 is 9.97 Å². The van der Waals surface area contributed by atoms with Gasteiger partial charge in [-0.1, -0.05) is 72.8 Å². The molecule has 1 aliphatic carbocycles. The second-order valence-corrected chi connectivity index (χ2v) is 22.1. The van der Waals surface area contributed by atoms with Crippen molar-refractivity contribution in [3.8, 4) is 68.3 Å². The summed E-state index contributed by atoms with van der Waals surface area (Å²) in [7, 11) is 0. The number of rotatable bonds is 6. The zero-order valence-corrected chi connectivity index (χ0v) is 56.1. The zero-order chi connectivity index (χ0) is 66.0. The Morgan fingerprint density at radius 3 is 0.690 bits per heavy atom. The fraction of sp³-hybridized carbons (Fsp3) is 0. The molecule has 18 aromatic rings. The van der Waals surface area contributed by atoms with E-state index in [9.17, 15) is 9.59 Å². The summed E-state index contributed by atoms with van der Waals surface area (Å²) in [4.78, 5) is 98.2. The van der Waals surface area contributed by atoms with Crippen molar-refractivity contribution in [2.45, 2.75) is 0 Å². The number of aromatic nitrogens is 16. The summed E-state index contributed by atoms with van der Waals surface area (Å²) in [6, 6.07) is 72.4. The average Bonchev–Trinajstić information content (AvgIpc) is 1.36. The smallest absolute Gasteiger partial charge is 0.337 e. The quantitative estimate of drug-likeness (QED) is 0.116. The van der Waals surface area contributed by atoms with Gasteiger partial charge in [-0.05, 0) is 158 Å². The van der Waals surface area contributed by atoms with Crippen LogP contribution in [0.25, 0.3) is 134 Å². The van der Waals surface area contributed by atoms with E-state index in [0.717, 1.165) is 100 Å². The Bertz CT molecular complexity index is 5050. The van der Waals surface area contributed by atoms with Gasteiger partial charge in [0.2, 0.25) is 0 Å². The van der Waals surface area contributed by atoms with Gasteiger partial charge in [0.15, 0.2) is 11.6 Å². The summed E-state index contributed by atoms with van der Waals surface area (Å²) < 4.78 is 0. The minimum Gasteiger partial charge on any atom is -0.337 e. The maximum absolute atomic E-state index is 14.5. The molecule has 0 aliphatic heterocycles. The monoisotopic (exact) mass is 1470 g/mol. The van der Waals surface area contributed by atoms with Crippen LogP contribution < -0.4 is 0 Å². The molecule has 0 unspecified atom stereocenters. The molecule has 2 N–H and O–H groups in total. The molecule has 18 nitrogen and oxygen atoms in total. The number of carbonyl (C=O) groups is 2. The first-order chi connectivity index (χ1) is 48.5. The van der Waals surface area contributed by atoms with Gasteiger partial charge >= 0.3 is 39.0 Å². The van der Waals surface area contributed by atoms with Gasteiger partial charge in [-0.25, -0.2) is 9.97 Å². The molecule has 0 saturated carbocycles. The van der Waals surface area contributed by atoms with Crippen LogP contribution in [0.4, 0.5) is 0 Å². The average molecular weight is 1470 g/mol. The molecule has 0 saturated heterocycles. The molecule has 0 atom stereocenters. The van der Waals surface area contributed by atoms with Crippen molar-refractivity contribution < 1.29 is 48.5 Å². The van der Waals surface area contributed by atoms with Crippen molar-refractivity contribution in [3.05, 3.63) is 327 Å². The maximum atomic E-state index is 14.5. The normalized spacial score (nSPS) is 11.1. The van der Waals surface area contributed by atoms with E-state index in [-0.39, 0.29) is 61.6 Å². The molecule has 0 radical (unpaired) electrons. The third-order valence-electron chi connectivity index (χ3n) is 16.1. The van der Waals surface area contributed by atoms with E-state index in [1.807, 2.05) is 206 Å². The third kappa shape index (κ3) is 13.6. The number of hydrogen-bond acceptors (Lipinski definition) is 16. The number of ketones is 2. The van der Waals surface area contributed by atoms with E-state index in [1.54, 1.807) is 98.6 Å². The number of H-pyrrole nitrogens is 2. The molecule has 0 bridgehead atoms. The molecule has 100 heavy (non-hydrogen) atoms. The van der Waals surface area contributed by atoms with Gasteiger partial charge in [0, 0.05) is 129 Å². The first-order valence-electron chi connectivity index (χ1n) is 31.2. The zero-order valence-electron chi connectivity index (χ0n) is 52.7. The fourth-order valence-electron chi connectivity index (χ4n) is 11.7. The van der Waals surface area contributed by atoms with Crippen LogP contribution in [0.15, 0.2) is 305 Å². The minimum atomic E-state index is -0.258. The number of imidazole rings is 2. The molecule has 0 amide bonds. The van der Waals surface area contributed by atoms with Crippen LogP contribution in [-0.2, 0) is 39.0 Å². The Labute approximate surface area is 596 Å². The van der Waals surface area contributed by atoms with Gasteiger partial charge in [-0.2, -0.15) is 0 Å². The van der Waals surface area contributed by atoms with Crippen molar-refractivity contribution >= 4 is 77.2 Å². The molecule has 476 valence electrons. The van der Waals surface area contributed by atoms with Crippen LogP contribution in [0, 0.1) is 0 Å². The standard InChI is InChI=1S/C40H20N8O2.4C10H8N2.2Ru/c49-37-19-7-1-2-8-20(19)38(50)28-22(40-47-35-25-11-5-17-43-31(25)32-26(36(35)48-40)12-6-18-44-32)14-13-21(27(28)37)39-45-33-23-9-3-15-41-29(23)30-24(34(33)46-39)10-4-16-42-30;4*1-3-7-11-9(5-1)10-6-2-4-8-12-10;;/h1-18H,(H,45,46)(H,47,48);4*1-8H;;/q;;;;;2*+2. The van der Waals surface area contributed by atoms with Crippen LogP contribution in [0.2, 0.25) is 0 Å². The summed E-state index contributed by atoms with van der Waals surface area (Å²) in [6.07, 6.45) is 21.1. The largest absolute Gasteiger partial charge is 2.00 e. The van der Waals surface area contributed by atoms with Crippen molar-refractivity contribution in [1.82, 2.24) is 79.7 Å². The van der Waals surface area contributed by atoms with E-state index in [1.165, 1.54) is 0 Å². The SMILES string of the molecule is O=C1c2ccccc2C(=O)c2c(-c3nc4c5cccnc5c5ncccc5c4[nH]3)ccc(-c3nc4c5cccnc5c5ncccc5c4[nH]3)c21.[Ru+2].[Ru+2].c1ccc(-c2ccccn2)nc1.c1ccc(-c2ccccn2)nc1.c1ccc(-c2ccccn2)nc1.c1ccc(-c2ccccn2)nc1. The Kier molecular flexibility index (Phi) is 20.1. The van der Waals surface area contributed by atoms with Crippen LogP contribution in [0.1, 0.15) is 31.8 Å². The molecular weight excluding hydrogens is 1420 g/mol. The fourth-order valence-corrected chi connectivity index (χ4v) is 11.7. The summed E-state index contributed by atoms with van der Waals surface area (Å²) >= 11 is 0. The van der Waals surface area contributed by atoms with Crippen LogP contribution in [-0.4, -0.2) is 91.3 Å². The van der Waals surface area contributed by atoms with E-state index >= 15 is 0 Å². The van der Waals surface area contributed by atoms with Crippen molar-refractivity contribution in [2.75, 3.05) is 0 Å². The molecule has 4 aromatic carbocycles. The molecule has 14 aromatic heterocycles. The van der Waals surface area contributed by atoms with E-state index in [0.29, 0.717) is 44.9 Å². The van der Waals surface area contributed by atoms with E-state index in [4.69, 9.17) is 9.97 Å². The summed E-state index contributed by atoms with van der Waals surface area (Å²) in [5, 5.41) is 3.38. The van der Waals surface area contributed by atoms with Crippen molar-refractivity contribution in [3.63, 3.8) is 0 Å². The van der Waals surface area contributed by atoms with Gasteiger partial charge in [-0.3, -0.25) is 69.4 Å². The first kappa shape index (κ1) is 65.9. The van der Waals surface area contributed by atoms with Gasteiger partial charge in [0.25, 0.3) is 0 Å². The second-order valence-electron chi connectivity index (χ2n) is 22.1. The van der Waals surface area contributed by atoms with Gasteiger partial charge in [-0.15, -0.1) is 0 Å². The maximum Gasteiger partial charge on any atom is 2.00 e. The third-order valence-corrected chi connectivity index (χ3v) is 16.1. The van der Waals surface area contributed by atoms with Gasteiger partial charge in [0.05, 0.1) is 89.7 Å². The number of aromatic amines is 2. The minimum absolute atomic E-state index is 0. The summed E-state index contributed by atoms with van der Waals surface area (Å²) in [6.45, 7) is 0. The van der Waals surface area contributed by atoms with E-state index in [2.05, 4.69) is 69.8 Å². The van der Waals surface area contributed by atoms with Crippen LogP contribution in [0.3, 0.4) is 0 Å². The number of nitrogens with zero attached hydrogens (tertiary/aromatic N) is 14. The van der Waals surface area contributed by atoms with Gasteiger partial charge in [0.1, 0.15) is 11.6 Å². The molecule has 1 aliphatic rings. The topological polar surface area (TPSA) is 246 Å². The number of hydrogen-bond donors (Lipinski definition) is 2. The number of fused-ring (bicyclic) bond motifs is 14. The molecule has 0 fully saturated rings. The number of nitrogens with one attached hydrogen (secondary N) is 2. The van der Waals surface area contributed by atoms with Crippen LogP contribution >= 0.6 is 0 Å². The van der Waals surface area contributed by atoms with Crippen molar-refractivity contribution in [1.29, 1.82) is 0 Å². The Morgan fingerprint density at radius 2 is 0.440 bits per heavy atom. The second kappa shape index (κ2) is 30.5. The summed E-state index contributed by atoms with van der Waals surface area (Å²) in [5.41, 5.74) is 15.5. The van der Waals surface area contributed by atoms with Crippen LogP contribution in [0.5, 0.6) is 0 Å². The molecule has 0 spiro atoms. The van der Waals surface area contributed by atoms with E-state index < -0.39 is 0 Å². The Hall–Kier alpha value is -12.8. The number of pyridine rings is 12.